The van der Waals surface area contributed by atoms with Crippen molar-refractivity contribution in [2.45, 2.75) is 0 Å². The average Bonchev–Trinajstić information content (AvgIpc) is 2.72. The van der Waals surface area contributed by atoms with Crippen molar-refractivity contribution in [2.24, 2.45) is 0 Å². The standard InChI is InChI=1S/C20H17NO7/c22-13-9-15(28-16-10-14(23)18(24)19(25)17(13)16)11-1-3-12(4-2-11)20(26)21-5-7-27-8-6-21/h1-4,9-10,23-25H,5-8H2. The number of ether oxygens (including phenoxy) is 1. The Morgan fingerprint density at radius 1 is 0.964 bits per heavy atom. The normalized spacial score (nSPS) is 14.4. The van der Waals surface area contributed by atoms with Crippen molar-refractivity contribution in [2.75, 3.05) is 26.3 Å². The molecule has 144 valence electrons. The molecule has 1 aliphatic heterocycles. The molecule has 1 aromatic heterocycles. The summed E-state index contributed by atoms with van der Waals surface area (Å²) in [6.45, 7) is 2.11. The number of fused-ring (bicyclic) bond motifs is 1. The number of aromatic hydroxyl groups is 3. The van der Waals surface area contributed by atoms with Crippen LogP contribution in [0.4, 0.5) is 0 Å². The molecule has 2 heterocycles. The van der Waals surface area contributed by atoms with Gasteiger partial charge in [-0.05, 0) is 12.1 Å². The van der Waals surface area contributed by atoms with Gasteiger partial charge in [0.1, 0.15) is 16.7 Å². The SMILES string of the molecule is O=C(c1ccc(-c2cc(=O)c3c(O)c(O)c(O)cc3o2)cc1)N1CCOCC1. The number of hydrogen-bond donors (Lipinski definition) is 3. The van der Waals surface area contributed by atoms with Crippen LogP contribution in [0.15, 0.2) is 45.6 Å². The number of hydrogen-bond acceptors (Lipinski definition) is 7. The van der Waals surface area contributed by atoms with Gasteiger partial charge in [-0.25, -0.2) is 0 Å². The van der Waals surface area contributed by atoms with Gasteiger partial charge >= 0.3 is 0 Å². The molecule has 28 heavy (non-hydrogen) atoms. The fourth-order valence-electron chi connectivity index (χ4n) is 3.15. The number of rotatable bonds is 2. The van der Waals surface area contributed by atoms with E-state index < -0.39 is 22.7 Å². The van der Waals surface area contributed by atoms with E-state index in [0.29, 0.717) is 37.4 Å². The second-order valence-corrected chi connectivity index (χ2v) is 6.42. The summed E-state index contributed by atoms with van der Waals surface area (Å²) < 4.78 is 10.9. The highest BCUT2D eigenvalue weighted by molar-refractivity contribution is 5.95. The predicted octanol–water partition coefficient (Wildman–Crippen LogP) is 2.05. The molecule has 1 aliphatic rings. The van der Waals surface area contributed by atoms with Crippen molar-refractivity contribution in [1.29, 1.82) is 0 Å². The molecule has 0 atom stereocenters. The summed E-state index contributed by atoms with van der Waals surface area (Å²) in [5.41, 5.74) is 0.417. The van der Waals surface area contributed by atoms with Gasteiger partial charge in [-0.15, -0.1) is 0 Å². The fraction of sp³-hybridized carbons (Fsp3) is 0.200. The summed E-state index contributed by atoms with van der Waals surface area (Å²) >= 11 is 0. The zero-order chi connectivity index (χ0) is 19.8. The lowest BCUT2D eigenvalue weighted by molar-refractivity contribution is 0.0303. The first-order chi connectivity index (χ1) is 13.5. The lowest BCUT2D eigenvalue weighted by Gasteiger charge is -2.26. The van der Waals surface area contributed by atoms with E-state index in [1.54, 1.807) is 29.2 Å². The third kappa shape index (κ3) is 3.03. The van der Waals surface area contributed by atoms with E-state index in [9.17, 15) is 24.9 Å². The van der Waals surface area contributed by atoms with Crippen molar-refractivity contribution in [1.82, 2.24) is 4.90 Å². The average molecular weight is 383 g/mol. The minimum absolute atomic E-state index is 0.0660. The molecule has 3 N–H and O–H groups in total. The minimum atomic E-state index is -0.779. The zero-order valence-electron chi connectivity index (χ0n) is 14.7. The number of nitrogens with zero attached hydrogens (tertiary/aromatic N) is 1. The highest BCUT2D eigenvalue weighted by atomic mass is 16.5. The molecule has 8 nitrogen and oxygen atoms in total. The van der Waals surface area contributed by atoms with E-state index in [-0.39, 0.29) is 22.6 Å². The summed E-state index contributed by atoms with van der Waals surface area (Å²) in [4.78, 5) is 26.6. The van der Waals surface area contributed by atoms with Gasteiger partial charge in [0.15, 0.2) is 16.9 Å². The molecule has 1 amide bonds. The predicted molar refractivity (Wildman–Crippen MR) is 99.6 cm³/mol. The zero-order valence-corrected chi connectivity index (χ0v) is 14.7. The van der Waals surface area contributed by atoms with Gasteiger partial charge in [0.2, 0.25) is 5.75 Å². The molecule has 0 radical (unpaired) electrons. The number of phenols is 3. The largest absolute Gasteiger partial charge is 0.504 e. The monoisotopic (exact) mass is 383 g/mol. The Bertz CT molecular complexity index is 1110. The number of carbonyl (C=O) groups is 1. The van der Waals surface area contributed by atoms with Gasteiger partial charge in [-0.3, -0.25) is 9.59 Å². The maximum atomic E-state index is 12.5. The topological polar surface area (TPSA) is 120 Å². The number of amides is 1. The highest BCUT2D eigenvalue weighted by Crippen LogP contribution is 2.40. The number of carbonyl (C=O) groups excluding carboxylic acids is 1. The maximum absolute atomic E-state index is 12.5. The molecule has 4 rings (SSSR count). The van der Waals surface area contributed by atoms with E-state index in [1.807, 2.05) is 0 Å². The van der Waals surface area contributed by atoms with Crippen LogP contribution in [0.5, 0.6) is 17.2 Å². The number of benzene rings is 2. The Hall–Kier alpha value is -3.52. The third-order valence-corrected chi connectivity index (χ3v) is 4.66. The minimum Gasteiger partial charge on any atom is -0.504 e. The van der Waals surface area contributed by atoms with Crippen molar-refractivity contribution >= 4 is 16.9 Å². The molecule has 0 bridgehead atoms. The van der Waals surface area contributed by atoms with Crippen LogP contribution in [-0.2, 0) is 4.74 Å². The summed E-state index contributed by atoms with van der Waals surface area (Å²) in [7, 11) is 0. The van der Waals surface area contributed by atoms with Crippen molar-refractivity contribution in [3.8, 4) is 28.6 Å². The molecule has 3 aromatic rings. The first kappa shape index (κ1) is 17.9. The first-order valence-corrected chi connectivity index (χ1v) is 8.65. The van der Waals surface area contributed by atoms with Crippen molar-refractivity contribution < 1.29 is 29.3 Å². The van der Waals surface area contributed by atoms with Gasteiger partial charge in [0.25, 0.3) is 5.91 Å². The fourth-order valence-corrected chi connectivity index (χ4v) is 3.15. The van der Waals surface area contributed by atoms with Gasteiger partial charge in [-0.2, -0.15) is 0 Å². The van der Waals surface area contributed by atoms with Crippen LogP contribution in [0.25, 0.3) is 22.3 Å². The number of phenolic OH excluding ortho intramolecular Hbond substituents is 3. The molecular formula is C20H17NO7. The van der Waals surface area contributed by atoms with E-state index in [1.165, 1.54) is 6.07 Å². The molecular weight excluding hydrogens is 366 g/mol. The van der Waals surface area contributed by atoms with E-state index in [0.717, 1.165) is 6.07 Å². The quantitative estimate of drug-likeness (QED) is 0.579. The van der Waals surface area contributed by atoms with Crippen LogP contribution in [0.1, 0.15) is 10.4 Å². The molecule has 0 spiro atoms. The Morgan fingerprint density at radius 2 is 1.64 bits per heavy atom. The molecule has 0 saturated carbocycles. The molecule has 0 aliphatic carbocycles. The Labute approximate surface area is 158 Å². The Balaban J connectivity index is 1.69. The molecule has 1 fully saturated rings. The van der Waals surface area contributed by atoms with Crippen LogP contribution in [0.3, 0.4) is 0 Å². The van der Waals surface area contributed by atoms with E-state index in [2.05, 4.69) is 0 Å². The molecule has 2 aromatic carbocycles. The van der Waals surface area contributed by atoms with E-state index >= 15 is 0 Å². The second-order valence-electron chi connectivity index (χ2n) is 6.42. The summed E-state index contributed by atoms with van der Waals surface area (Å²) in [5, 5.41) is 28.9. The Kier molecular flexibility index (Phi) is 4.40. The molecule has 8 heteroatoms. The second kappa shape index (κ2) is 6.90. The smallest absolute Gasteiger partial charge is 0.254 e. The highest BCUT2D eigenvalue weighted by Gasteiger charge is 2.20. The third-order valence-electron chi connectivity index (χ3n) is 4.66. The van der Waals surface area contributed by atoms with Gasteiger partial charge < -0.3 is 29.4 Å². The van der Waals surface area contributed by atoms with Crippen LogP contribution in [0.2, 0.25) is 0 Å². The van der Waals surface area contributed by atoms with Crippen molar-refractivity contribution in [3.05, 3.63) is 52.2 Å². The van der Waals surface area contributed by atoms with Crippen molar-refractivity contribution in [3.63, 3.8) is 0 Å². The van der Waals surface area contributed by atoms with Crippen LogP contribution < -0.4 is 5.43 Å². The first-order valence-electron chi connectivity index (χ1n) is 8.65. The van der Waals surface area contributed by atoms with Gasteiger partial charge in [0, 0.05) is 36.3 Å². The summed E-state index contributed by atoms with van der Waals surface area (Å²) in [5.74, 6) is -2.01. The summed E-state index contributed by atoms with van der Waals surface area (Å²) in [6, 6.07) is 8.82. The van der Waals surface area contributed by atoms with E-state index in [4.69, 9.17) is 9.15 Å². The number of morpholine rings is 1. The van der Waals surface area contributed by atoms with Crippen LogP contribution in [-0.4, -0.2) is 52.4 Å². The molecule has 1 saturated heterocycles. The summed E-state index contributed by atoms with van der Waals surface area (Å²) in [6.07, 6.45) is 0. The lowest BCUT2D eigenvalue weighted by atomic mass is 10.1. The van der Waals surface area contributed by atoms with Crippen LogP contribution in [0, 0.1) is 0 Å². The van der Waals surface area contributed by atoms with Crippen LogP contribution >= 0.6 is 0 Å². The van der Waals surface area contributed by atoms with Gasteiger partial charge in [0.05, 0.1) is 13.2 Å². The van der Waals surface area contributed by atoms with Gasteiger partial charge in [-0.1, -0.05) is 12.1 Å². The lowest BCUT2D eigenvalue weighted by Crippen LogP contribution is -2.40. The Morgan fingerprint density at radius 3 is 2.32 bits per heavy atom. The molecule has 0 unspecified atom stereocenters. The maximum Gasteiger partial charge on any atom is 0.254 e.